The largest absolute Gasteiger partial charge is 0.490 e. The molecule has 2 heteroatoms. The first kappa shape index (κ1) is 9.53. The van der Waals surface area contributed by atoms with Gasteiger partial charge in [-0.15, -0.1) is 0 Å². The van der Waals surface area contributed by atoms with Crippen LogP contribution in [0.2, 0.25) is 0 Å². The maximum Gasteiger partial charge on any atom is 0.122 e. The fraction of sp³-hybridized carbons (Fsp3) is 0.500. The Hall–Kier alpha value is -1.02. The topological polar surface area (TPSA) is 29.5 Å². The number of aliphatic hydroxyl groups excluding tert-OH is 1. The minimum Gasteiger partial charge on any atom is -0.490 e. The summed E-state index contributed by atoms with van der Waals surface area (Å²) in [5, 5.41) is 8.77. The third-order valence-electron chi connectivity index (χ3n) is 2.39. The first-order chi connectivity index (χ1) is 6.90. The van der Waals surface area contributed by atoms with Crippen molar-refractivity contribution in [3.05, 3.63) is 29.8 Å². The smallest absolute Gasteiger partial charge is 0.122 e. The molecule has 0 aliphatic heterocycles. The van der Waals surface area contributed by atoms with E-state index in [-0.39, 0.29) is 6.61 Å². The molecule has 2 nitrogen and oxygen atoms in total. The summed E-state index contributed by atoms with van der Waals surface area (Å²) in [7, 11) is 0. The van der Waals surface area contributed by atoms with Crippen molar-refractivity contribution in [3.8, 4) is 5.75 Å². The Labute approximate surface area is 84.5 Å². The Morgan fingerprint density at radius 2 is 2.07 bits per heavy atom. The summed E-state index contributed by atoms with van der Waals surface area (Å²) in [6.45, 7) is 0.248. The average molecular weight is 192 g/mol. The molecule has 1 aromatic rings. The lowest BCUT2D eigenvalue weighted by atomic mass is 10.1. The van der Waals surface area contributed by atoms with Crippen LogP contribution in [0.3, 0.4) is 0 Å². The van der Waals surface area contributed by atoms with Crippen LogP contribution in [0, 0.1) is 0 Å². The van der Waals surface area contributed by atoms with E-state index < -0.39 is 0 Å². The van der Waals surface area contributed by atoms with Crippen LogP contribution < -0.4 is 4.74 Å². The van der Waals surface area contributed by atoms with Crippen molar-refractivity contribution < 1.29 is 9.84 Å². The third kappa shape index (κ3) is 2.48. The first-order valence-corrected chi connectivity index (χ1v) is 5.25. The van der Waals surface area contributed by atoms with Gasteiger partial charge in [0.25, 0.3) is 0 Å². The maximum atomic E-state index is 8.77. The van der Waals surface area contributed by atoms with E-state index in [0.29, 0.717) is 6.10 Å². The third-order valence-corrected chi connectivity index (χ3v) is 2.39. The van der Waals surface area contributed by atoms with Gasteiger partial charge in [-0.05, 0) is 37.3 Å². The van der Waals surface area contributed by atoms with Gasteiger partial charge in [0.05, 0.1) is 6.10 Å². The van der Waals surface area contributed by atoms with E-state index in [1.54, 1.807) is 0 Å². The minimum absolute atomic E-state index is 0.248. The Kier molecular flexibility index (Phi) is 3.04. The highest BCUT2D eigenvalue weighted by molar-refractivity contribution is 5.33. The highest BCUT2D eigenvalue weighted by Crippen LogP contribution is 2.29. The molecule has 0 amide bonds. The first-order valence-electron chi connectivity index (χ1n) is 5.25. The van der Waals surface area contributed by atoms with Crippen molar-refractivity contribution in [2.24, 2.45) is 0 Å². The summed E-state index contributed by atoms with van der Waals surface area (Å²) < 4.78 is 5.77. The van der Waals surface area contributed by atoms with Crippen molar-refractivity contribution >= 4 is 0 Å². The number of hydrogen-bond acceptors (Lipinski definition) is 2. The molecule has 14 heavy (non-hydrogen) atoms. The zero-order valence-corrected chi connectivity index (χ0v) is 8.28. The van der Waals surface area contributed by atoms with Gasteiger partial charge in [0.2, 0.25) is 0 Å². The van der Waals surface area contributed by atoms with Crippen molar-refractivity contribution in [1.29, 1.82) is 0 Å². The van der Waals surface area contributed by atoms with Crippen LogP contribution in [-0.2, 0) is 6.42 Å². The minimum atomic E-state index is 0.248. The van der Waals surface area contributed by atoms with E-state index in [4.69, 9.17) is 9.84 Å². The number of rotatable bonds is 5. The maximum absolute atomic E-state index is 8.77. The number of aryl methyl sites for hydroxylation is 1. The Morgan fingerprint density at radius 1 is 1.29 bits per heavy atom. The fourth-order valence-corrected chi connectivity index (χ4v) is 1.46. The summed E-state index contributed by atoms with van der Waals surface area (Å²) in [4.78, 5) is 0. The molecule has 0 heterocycles. The number of aliphatic hydroxyl groups is 1. The molecule has 1 fully saturated rings. The molecule has 0 radical (unpaired) electrons. The molecule has 76 valence electrons. The van der Waals surface area contributed by atoms with Gasteiger partial charge in [-0.2, -0.15) is 0 Å². The number of para-hydroxylation sites is 1. The van der Waals surface area contributed by atoms with Gasteiger partial charge in [0.15, 0.2) is 0 Å². The van der Waals surface area contributed by atoms with Crippen molar-refractivity contribution in [2.75, 3.05) is 6.61 Å². The van der Waals surface area contributed by atoms with Crippen LogP contribution in [0.25, 0.3) is 0 Å². The predicted molar refractivity (Wildman–Crippen MR) is 55.5 cm³/mol. The molecule has 0 unspecified atom stereocenters. The SMILES string of the molecule is OCCCc1ccccc1OC1CC1. The lowest BCUT2D eigenvalue weighted by Gasteiger charge is -2.09. The highest BCUT2D eigenvalue weighted by atomic mass is 16.5. The van der Waals surface area contributed by atoms with Crippen molar-refractivity contribution in [1.82, 2.24) is 0 Å². The van der Waals surface area contributed by atoms with Crippen LogP contribution in [0.5, 0.6) is 5.75 Å². The van der Waals surface area contributed by atoms with Gasteiger partial charge in [-0.3, -0.25) is 0 Å². The second-order valence-electron chi connectivity index (χ2n) is 3.75. The van der Waals surface area contributed by atoms with Crippen LogP contribution in [-0.4, -0.2) is 17.8 Å². The number of benzene rings is 1. The van der Waals surface area contributed by atoms with Gasteiger partial charge in [0.1, 0.15) is 5.75 Å². The Morgan fingerprint density at radius 3 is 2.79 bits per heavy atom. The quantitative estimate of drug-likeness (QED) is 0.774. The molecular weight excluding hydrogens is 176 g/mol. The standard InChI is InChI=1S/C12H16O2/c13-9-3-5-10-4-1-2-6-12(10)14-11-7-8-11/h1-2,4,6,11,13H,3,5,7-9H2. The zero-order valence-electron chi connectivity index (χ0n) is 8.28. The van der Waals surface area contributed by atoms with Crippen LogP contribution in [0.15, 0.2) is 24.3 Å². The normalized spacial score (nSPS) is 15.5. The van der Waals surface area contributed by atoms with E-state index >= 15 is 0 Å². The molecule has 1 saturated carbocycles. The van der Waals surface area contributed by atoms with E-state index in [1.807, 2.05) is 18.2 Å². The van der Waals surface area contributed by atoms with Crippen molar-refractivity contribution in [3.63, 3.8) is 0 Å². The molecule has 2 rings (SSSR count). The molecule has 0 aromatic heterocycles. The van der Waals surface area contributed by atoms with Crippen molar-refractivity contribution in [2.45, 2.75) is 31.8 Å². The van der Waals surface area contributed by atoms with Crippen LogP contribution in [0.1, 0.15) is 24.8 Å². The fourth-order valence-electron chi connectivity index (χ4n) is 1.46. The molecule has 0 bridgehead atoms. The molecule has 0 atom stereocenters. The lowest BCUT2D eigenvalue weighted by molar-refractivity contribution is 0.283. The van der Waals surface area contributed by atoms with Gasteiger partial charge in [0, 0.05) is 6.61 Å². The second kappa shape index (κ2) is 4.47. The van der Waals surface area contributed by atoms with E-state index in [1.165, 1.54) is 18.4 Å². The van der Waals surface area contributed by atoms with E-state index in [9.17, 15) is 0 Å². The van der Waals surface area contributed by atoms with Gasteiger partial charge in [-0.1, -0.05) is 18.2 Å². The summed E-state index contributed by atoms with van der Waals surface area (Å²) in [6, 6.07) is 8.12. The van der Waals surface area contributed by atoms with Gasteiger partial charge < -0.3 is 9.84 Å². The van der Waals surface area contributed by atoms with Gasteiger partial charge >= 0.3 is 0 Å². The summed E-state index contributed by atoms with van der Waals surface area (Å²) >= 11 is 0. The van der Waals surface area contributed by atoms with Gasteiger partial charge in [-0.25, -0.2) is 0 Å². The molecular formula is C12H16O2. The molecule has 1 aliphatic rings. The lowest BCUT2D eigenvalue weighted by Crippen LogP contribution is -2.00. The number of ether oxygens (including phenoxy) is 1. The summed E-state index contributed by atoms with van der Waals surface area (Å²) in [5.41, 5.74) is 1.22. The molecule has 0 saturated heterocycles. The summed E-state index contributed by atoms with van der Waals surface area (Å²) in [5.74, 6) is 1.00. The Bertz CT molecular complexity index is 292. The molecule has 1 aromatic carbocycles. The molecule has 1 N–H and O–H groups in total. The van der Waals surface area contributed by atoms with E-state index in [2.05, 4.69) is 6.07 Å². The van der Waals surface area contributed by atoms with Crippen LogP contribution in [0.4, 0.5) is 0 Å². The summed E-state index contributed by atoms with van der Waals surface area (Å²) in [6.07, 6.45) is 4.54. The molecule has 1 aliphatic carbocycles. The predicted octanol–water partition coefficient (Wildman–Crippen LogP) is 2.15. The number of hydrogen-bond donors (Lipinski definition) is 1. The average Bonchev–Trinajstić information content (AvgIpc) is 3.01. The van der Waals surface area contributed by atoms with E-state index in [0.717, 1.165) is 18.6 Å². The van der Waals surface area contributed by atoms with Crippen LogP contribution >= 0.6 is 0 Å². The molecule has 0 spiro atoms. The second-order valence-corrected chi connectivity index (χ2v) is 3.75. The highest BCUT2D eigenvalue weighted by Gasteiger charge is 2.24. The monoisotopic (exact) mass is 192 g/mol. The zero-order chi connectivity index (χ0) is 9.80. The Balaban J connectivity index is 2.02.